The van der Waals surface area contributed by atoms with E-state index in [1.54, 1.807) is 17.3 Å². The average molecular weight is 328 g/mol. The fraction of sp³-hybridized carbons (Fsp3) is 0.333. The molecule has 2 N–H and O–H groups in total. The number of anilines is 2. The molecule has 1 heterocycles. The van der Waals surface area contributed by atoms with Gasteiger partial charge in [0.25, 0.3) is 0 Å². The third-order valence-electron chi connectivity index (χ3n) is 3.58. The first-order valence-electron chi connectivity index (χ1n) is 7.93. The molecule has 128 valence electrons. The Morgan fingerprint density at radius 2 is 2.08 bits per heavy atom. The van der Waals surface area contributed by atoms with E-state index in [0.717, 1.165) is 16.9 Å². The molecule has 0 bridgehead atoms. The number of urea groups is 1. The Morgan fingerprint density at radius 3 is 2.75 bits per heavy atom. The zero-order valence-corrected chi connectivity index (χ0v) is 14.1. The molecule has 0 fully saturated rings. The maximum absolute atomic E-state index is 12.6. The summed E-state index contributed by atoms with van der Waals surface area (Å²) in [6.45, 7) is 0.977. The van der Waals surface area contributed by atoms with E-state index in [0.29, 0.717) is 19.5 Å². The van der Waals surface area contributed by atoms with Gasteiger partial charge in [0.2, 0.25) is 0 Å². The highest BCUT2D eigenvalue weighted by atomic mass is 16.3. The Hall–Kier alpha value is -2.60. The van der Waals surface area contributed by atoms with Crippen LogP contribution in [0.2, 0.25) is 0 Å². The molecule has 2 rings (SSSR count). The van der Waals surface area contributed by atoms with Gasteiger partial charge in [0.15, 0.2) is 0 Å². The molecule has 0 aliphatic heterocycles. The summed E-state index contributed by atoms with van der Waals surface area (Å²) in [6, 6.07) is 11.3. The van der Waals surface area contributed by atoms with Crippen molar-refractivity contribution in [3.63, 3.8) is 0 Å². The van der Waals surface area contributed by atoms with Crippen LogP contribution in [0, 0.1) is 0 Å². The van der Waals surface area contributed by atoms with E-state index < -0.39 is 0 Å². The standard InChI is InChI=1S/C18H24N4O2/c1-21(2)17-8-3-7-16(12-17)20-18(24)22(10-5-11-23)14-15-6-4-9-19-13-15/h3-4,6-9,12-13,23H,5,10-11,14H2,1-2H3,(H,20,24). The van der Waals surface area contributed by atoms with Crippen LogP contribution in [0.3, 0.4) is 0 Å². The van der Waals surface area contributed by atoms with Crippen LogP contribution in [0.25, 0.3) is 0 Å². The van der Waals surface area contributed by atoms with Crippen molar-refractivity contribution in [2.24, 2.45) is 0 Å². The Kier molecular flexibility index (Phi) is 6.57. The number of amides is 2. The van der Waals surface area contributed by atoms with Gasteiger partial charge in [-0.3, -0.25) is 4.98 Å². The van der Waals surface area contributed by atoms with E-state index in [9.17, 15) is 4.79 Å². The molecule has 1 aromatic carbocycles. The molecule has 0 aliphatic rings. The smallest absolute Gasteiger partial charge is 0.322 e. The molecule has 0 saturated heterocycles. The minimum Gasteiger partial charge on any atom is -0.396 e. The third kappa shape index (κ3) is 5.24. The first kappa shape index (κ1) is 17.7. The van der Waals surface area contributed by atoms with Crippen LogP contribution < -0.4 is 10.2 Å². The molecule has 6 heteroatoms. The lowest BCUT2D eigenvalue weighted by molar-refractivity contribution is 0.199. The van der Waals surface area contributed by atoms with Gasteiger partial charge in [-0.2, -0.15) is 0 Å². The van der Waals surface area contributed by atoms with Gasteiger partial charge in [-0.05, 0) is 36.2 Å². The summed E-state index contributed by atoms with van der Waals surface area (Å²) in [5, 5.41) is 12.0. The molecular formula is C18H24N4O2. The summed E-state index contributed by atoms with van der Waals surface area (Å²) in [7, 11) is 3.91. The second kappa shape index (κ2) is 8.88. The van der Waals surface area contributed by atoms with Gasteiger partial charge >= 0.3 is 6.03 Å². The van der Waals surface area contributed by atoms with E-state index in [1.807, 2.05) is 55.4 Å². The van der Waals surface area contributed by atoms with Gasteiger partial charge in [0.1, 0.15) is 0 Å². The molecule has 0 atom stereocenters. The molecule has 2 aromatic rings. The predicted octanol–water partition coefficient (Wildman–Crippen LogP) is 2.56. The summed E-state index contributed by atoms with van der Waals surface area (Å²) in [6.07, 6.45) is 3.98. The highest BCUT2D eigenvalue weighted by Crippen LogP contribution is 2.18. The van der Waals surface area contributed by atoms with Crippen LogP contribution in [0.4, 0.5) is 16.2 Å². The average Bonchev–Trinajstić information content (AvgIpc) is 2.59. The lowest BCUT2D eigenvalue weighted by Gasteiger charge is -2.23. The second-order valence-corrected chi connectivity index (χ2v) is 5.73. The number of nitrogens with one attached hydrogen (secondary N) is 1. The Labute approximate surface area is 142 Å². The zero-order chi connectivity index (χ0) is 17.4. The summed E-state index contributed by atoms with van der Waals surface area (Å²) >= 11 is 0. The number of aliphatic hydroxyl groups excluding tert-OH is 1. The second-order valence-electron chi connectivity index (χ2n) is 5.73. The van der Waals surface area contributed by atoms with Crippen molar-refractivity contribution in [1.82, 2.24) is 9.88 Å². The summed E-state index contributed by atoms with van der Waals surface area (Å²) in [5.41, 5.74) is 2.71. The number of rotatable bonds is 7. The highest BCUT2D eigenvalue weighted by Gasteiger charge is 2.14. The molecule has 6 nitrogen and oxygen atoms in total. The third-order valence-corrected chi connectivity index (χ3v) is 3.58. The van der Waals surface area contributed by atoms with Crippen molar-refractivity contribution in [2.75, 3.05) is 37.5 Å². The van der Waals surface area contributed by atoms with Gasteiger partial charge in [-0.1, -0.05) is 12.1 Å². The van der Waals surface area contributed by atoms with Crippen LogP contribution in [-0.4, -0.2) is 48.3 Å². The summed E-state index contributed by atoms with van der Waals surface area (Å²) in [5.74, 6) is 0. The van der Waals surface area contributed by atoms with Crippen LogP contribution in [0.5, 0.6) is 0 Å². The number of hydrogen-bond acceptors (Lipinski definition) is 4. The van der Waals surface area contributed by atoms with E-state index in [2.05, 4.69) is 10.3 Å². The molecule has 0 saturated carbocycles. The quantitative estimate of drug-likeness (QED) is 0.820. The van der Waals surface area contributed by atoms with Crippen molar-refractivity contribution >= 4 is 17.4 Å². The normalized spacial score (nSPS) is 10.3. The van der Waals surface area contributed by atoms with E-state index in [4.69, 9.17) is 5.11 Å². The first-order chi connectivity index (χ1) is 11.6. The number of aromatic nitrogens is 1. The molecular weight excluding hydrogens is 304 g/mol. The number of nitrogens with zero attached hydrogens (tertiary/aromatic N) is 3. The molecule has 0 aliphatic carbocycles. The van der Waals surface area contributed by atoms with Gasteiger partial charge < -0.3 is 20.2 Å². The number of hydrogen-bond donors (Lipinski definition) is 2. The highest BCUT2D eigenvalue weighted by molar-refractivity contribution is 5.89. The van der Waals surface area contributed by atoms with Gasteiger partial charge in [0, 0.05) is 57.6 Å². The van der Waals surface area contributed by atoms with Crippen molar-refractivity contribution in [2.45, 2.75) is 13.0 Å². The van der Waals surface area contributed by atoms with Gasteiger partial charge in [-0.25, -0.2) is 4.79 Å². The zero-order valence-electron chi connectivity index (χ0n) is 14.1. The van der Waals surface area contributed by atoms with Gasteiger partial charge in [0.05, 0.1) is 0 Å². The number of pyridine rings is 1. The minimum absolute atomic E-state index is 0.0485. The Bertz CT molecular complexity index is 646. The lowest BCUT2D eigenvalue weighted by Crippen LogP contribution is -2.35. The number of carbonyl (C=O) groups excluding carboxylic acids is 1. The molecule has 0 unspecified atom stereocenters. The molecule has 0 radical (unpaired) electrons. The Morgan fingerprint density at radius 1 is 1.25 bits per heavy atom. The summed E-state index contributed by atoms with van der Waals surface area (Å²) in [4.78, 5) is 20.3. The number of benzene rings is 1. The van der Waals surface area contributed by atoms with Gasteiger partial charge in [-0.15, -0.1) is 0 Å². The first-order valence-corrected chi connectivity index (χ1v) is 7.93. The fourth-order valence-corrected chi connectivity index (χ4v) is 2.29. The Balaban J connectivity index is 2.08. The fourth-order valence-electron chi connectivity index (χ4n) is 2.29. The maximum Gasteiger partial charge on any atom is 0.322 e. The largest absolute Gasteiger partial charge is 0.396 e. The minimum atomic E-state index is -0.191. The molecule has 1 aromatic heterocycles. The van der Waals surface area contributed by atoms with Crippen LogP contribution in [0.1, 0.15) is 12.0 Å². The molecule has 2 amide bonds. The van der Waals surface area contributed by atoms with Crippen LogP contribution in [0.15, 0.2) is 48.8 Å². The van der Waals surface area contributed by atoms with E-state index in [1.165, 1.54) is 0 Å². The maximum atomic E-state index is 12.6. The number of carbonyl (C=O) groups is 1. The monoisotopic (exact) mass is 328 g/mol. The number of aliphatic hydroxyl groups is 1. The van der Waals surface area contributed by atoms with Crippen LogP contribution >= 0.6 is 0 Å². The van der Waals surface area contributed by atoms with Crippen molar-refractivity contribution in [3.05, 3.63) is 54.4 Å². The van der Waals surface area contributed by atoms with E-state index in [-0.39, 0.29) is 12.6 Å². The topological polar surface area (TPSA) is 68.7 Å². The van der Waals surface area contributed by atoms with E-state index >= 15 is 0 Å². The predicted molar refractivity (Wildman–Crippen MR) is 96.1 cm³/mol. The molecule has 0 spiro atoms. The lowest BCUT2D eigenvalue weighted by atomic mass is 10.2. The van der Waals surface area contributed by atoms with Crippen molar-refractivity contribution in [3.8, 4) is 0 Å². The SMILES string of the molecule is CN(C)c1cccc(NC(=O)N(CCCO)Cc2cccnc2)c1. The van der Waals surface area contributed by atoms with Crippen molar-refractivity contribution < 1.29 is 9.90 Å². The molecule has 24 heavy (non-hydrogen) atoms. The van der Waals surface area contributed by atoms with Crippen molar-refractivity contribution in [1.29, 1.82) is 0 Å². The summed E-state index contributed by atoms with van der Waals surface area (Å²) < 4.78 is 0. The van der Waals surface area contributed by atoms with Crippen LogP contribution in [-0.2, 0) is 6.54 Å².